The third-order valence-electron chi connectivity index (χ3n) is 8.13. The highest BCUT2D eigenvalue weighted by Gasteiger charge is 2.50. The van der Waals surface area contributed by atoms with E-state index >= 15 is 0 Å². The van der Waals surface area contributed by atoms with E-state index in [-0.39, 0.29) is 34.4 Å². The molecule has 3 aliphatic rings. The summed E-state index contributed by atoms with van der Waals surface area (Å²) in [4.78, 5) is 39.9. The van der Waals surface area contributed by atoms with Crippen molar-refractivity contribution in [2.45, 2.75) is 62.4 Å². The fourth-order valence-corrected chi connectivity index (χ4v) is 6.00. The van der Waals surface area contributed by atoms with Gasteiger partial charge in [-0.1, -0.05) is 12.1 Å². The van der Waals surface area contributed by atoms with Gasteiger partial charge in [0.15, 0.2) is 17.9 Å². The molecule has 0 saturated carbocycles. The number of ketones is 3. The number of methoxy groups -OCH3 is 1. The van der Waals surface area contributed by atoms with Crippen molar-refractivity contribution < 1.29 is 54.1 Å². The average molecular weight is 558 g/mol. The van der Waals surface area contributed by atoms with Gasteiger partial charge in [-0.25, -0.2) is 0 Å². The number of hydrogen-bond acceptors (Lipinski definition) is 12. The zero-order valence-corrected chi connectivity index (χ0v) is 22.1. The number of aliphatic hydroxyl groups is 3. The van der Waals surface area contributed by atoms with Crippen molar-refractivity contribution in [3.8, 4) is 17.2 Å². The SMILES string of the molecule is CN[C@H]1CC(O[C@H]2C[C@](O)(C(=O)CO)Cc3c(O)c4c(c(O)c32)C(=O)c2c(OC)cccc2C4=O)O[C@@H](C)[C@@H]1O. The van der Waals surface area contributed by atoms with Crippen LogP contribution >= 0.6 is 0 Å². The van der Waals surface area contributed by atoms with Gasteiger partial charge >= 0.3 is 0 Å². The Morgan fingerprint density at radius 2 is 1.85 bits per heavy atom. The number of ether oxygens (including phenoxy) is 3. The molecule has 1 aliphatic heterocycles. The van der Waals surface area contributed by atoms with Crippen molar-refractivity contribution >= 4 is 17.3 Å². The Hall–Kier alpha value is -3.39. The van der Waals surface area contributed by atoms with E-state index in [2.05, 4.69) is 5.32 Å². The summed E-state index contributed by atoms with van der Waals surface area (Å²) < 4.78 is 17.2. The van der Waals surface area contributed by atoms with Crippen molar-refractivity contribution in [2.24, 2.45) is 0 Å². The zero-order chi connectivity index (χ0) is 29.1. The highest BCUT2D eigenvalue weighted by atomic mass is 16.7. The van der Waals surface area contributed by atoms with Gasteiger partial charge in [-0.3, -0.25) is 14.4 Å². The van der Waals surface area contributed by atoms with Gasteiger partial charge in [0.05, 0.1) is 42.1 Å². The molecule has 12 nitrogen and oxygen atoms in total. The number of nitrogens with one attached hydrogen (secondary N) is 1. The number of benzene rings is 2. The lowest BCUT2D eigenvalue weighted by molar-refractivity contribution is -0.249. The van der Waals surface area contributed by atoms with Gasteiger partial charge in [0.1, 0.15) is 29.5 Å². The summed E-state index contributed by atoms with van der Waals surface area (Å²) in [6.07, 6.45) is -4.66. The van der Waals surface area contributed by atoms with Crippen molar-refractivity contribution in [1.82, 2.24) is 5.32 Å². The van der Waals surface area contributed by atoms with Crippen LogP contribution in [0.25, 0.3) is 0 Å². The molecule has 214 valence electrons. The third kappa shape index (κ3) is 4.19. The van der Waals surface area contributed by atoms with Crippen LogP contribution in [0.5, 0.6) is 17.2 Å². The van der Waals surface area contributed by atoms with E-state index in [1.54, 1.807) is 14.0 Å². The number of likely N-dealkylation sites (N-methyl/N-ethyl adjacent to an activating group) is 1. The van der Waals surface area contributed by atoms with Gasteiger partial charge in [-0.2, -0.15) is 0 Å². The molecule has 6 atom stereocenters. The summed E-state index contributed by atoms with van der Waals surface area (Å²) in [7, 11) is 2.99. The molecule has 2 aromatic rings. The zero-order valence-electron chi connectivity index (χ0n) is 22.1. The molecule has 6 N–H and O–H groups in total. The molecule has 2 aromatic carbocycles. The van der Waals surface area contributed by atoms with Crippen LogP contribution in [0.15, 0.2) is 18.2 Å². The van der Waals surface area contributed by atoms with Gasteiger partial charge in [0.25, 0.3) is 0 Å². The Kier molecular flexibility index (Phi) is 7.19. The number of rotatable bonds is 6. The molecule has 0 spiro atoms. The molecule has 0 amide bonds. The normalized spacial score (nSPS) is 29.4. The molecule has 1 unspecified atom stereocenters. The maximum absolute atomic E-state index is 13.7. The molecule has 1 fully saturated rings. The lowest BCUT2D eigenvalue weighted by Crippen LogP contribution is -2.53. The number of fused-ring (bicyclic) bond motifs is 3. The van der Waals surface area contributed by atoms with E-state index in [0.29, 0.717) is 0 Å². The molecular formula is C28H31NO11. The van der Waals surface area contributed by atoms with Gasteiger partial charge in [0, 0.05) is 42.0 Å². The summed E-state index contributed by atoms with van der Waals surface area (Å²) in [6, 6.07) is 3.96. The summed E-state index contributed by atoms with van der Waals surface area (Å²) in [6.45, 7) is 0.631. The molecule has 40 heavy (non-hydrogen) atoms. The molecule has 1 saturated heterocycles. The van der Waals surface area contributed by atoms with E-state index in [0.717, 1.165) is 0 Å². The number of phenols is 2. The maximum atomic E-state index is 13.7. The Balaban J connectivity index is 1.68. The second kappa shape index (κ2) is 10.2. The molecule has 0 radical (unpaired) electrons. The minimum atomic E-state index is -2.23. The van der Waals surface area contributed by atoms with Crippen molar-refractivity contribution in [3.05, 3.63) is 51.6 Å². The minimum Gasteiger partial charge on any atom is -0.507 e. The Morgan fingerprint density at radius 3 is 2.50 bits per heavy atom. The third-order valence-corrected chi connectivity index (χ3v) is 8.13. The number of aliphatic hydroxyl groups excluding tert-OH is 2. The molecule has 5 rings (SSSR count). The van der Waals surface area contributed by atoms with Crippen molar-refractivity contribution in [1.29, 1.82) is 0 Å². The molecule has 0 bridgehead atoms. The summed E-state index contributed by atoms with van der Waals surface area (Å²) in [5, 5.41) is 57.1. The van der Waals surface area contributed by atoms with Crippen molar-refractivity contribution in [2.75, 3.05) is 20.8 Å². The van der Waals surface area contributed by atoms with Gasteiger partial charge in [-0.05, 0) is 20.0 Å². The first-order valence-electron chi connectivity index (χ1n) is 12.9. The second-order valence-electron chi connectivity index (χ2n) is 10.4. The van der Waals surface area contributed by atoms with Gasteiger partial charge < -0.3 is 45.1 Å². The molecule has 2 aliphatic carbocycles. The highest BCUT2D eigenvalue weighted by molar-refractivity contribution is 6.31. The Bertz CT molecular complexity index is 1410. The lowest BCUT2D eigenvalue weighted by atomic mass is 9.72. The van der Waals surface area contributed by atoms with E-state index in [4.69, 9.17) is 14.2 Å². The molecular weight excluding hydrogens is 526 g/mol. The van der Waals surface area contributed by atoms with Crippen LogP contribution < -0.4 is 10.1 Å². The first kappa shape index (κ1) is 28.1. The fourth-order valence-electron chi connectivity index (χ4n) is 6.00. The summed E-state index contributed by atoms with van der Waals surface area (Å²) in [5.41, 5.74) is -3.52. The fraction of sp³-hybridized carbons (Fsp3) is 0.464. The highest BCUT2D eigenvalue weighted by Crippen LogP contribution is 2.52. The maximum Gasteiger partial charge on any atom is 0.202 e. The summed E-state index contributed by atoms with van der Waals surface area (Å²) >= 11 is 0. The number of hydrogen-bond donors (Lipinski definition) is 6. The number of Topliss-reactive ketones (excluding diaryl/α,β-unsaturated/α-hetero) is 1. The van der Waals surface area contributed by atoms with Crippen LogP contribution in [0, 0.1) is 0 Å². The summed E-state index contributed by atoms with van der Waals surface area (Å²) in [5.74, 6) is -3.69. The van der Waals surface area contributed by atoms with Crippen LogP contribution in [-0.4, -0.2) is 93.8 Å². The number of carbonyl (C=O) groups excluding carboxylic acids is 3. The van der Waals surface area contributed by atoms with E-state index in [9.17, 15) is 39.9 Å². The average Bonchev–Trinajstić information content (AvgIpc) is 2.94. The van der Waals surface area contributed by atoms with Crippen LogP contribution in [0.4, 0.5) is 0 Å². The topological polar surface area (TPSA) is 192 Å². The smallest absolute Gasteiger partial charge is 0.202 e. The molecule has 12 heteroatoms. The predicted octanol–water partition coefficient (Wildman–Crippen LogP) is 0.262. The number of carbonyl (C=O) groups is 3. The second-order valence-corrected chi connectivity index (χ2v) is 10.4. The molecule has 0 aromatic heterocycles. The number of phenolic OH excluding ortho intramolecular Hbond substituents is 2. The minimum absolute atomic E-state index is 0.0435. The van der Waals surface area contributed by atoms with Crippen molar-refractivity contribution in [3.63, 3.8) is 0 Å². The first-order valence-corrected chi connectivity index (χ1v) is 12.9. The van der Waals surface area contributed by atoms with Gasteiger partial charge in [0.2, 0.25) is 5.78 Å². The Labute approximate surface area is 229 Å². The van der Waals surface area contributed by atoms with Crippen LogP contribution in [-0.2, 0) is 20.7 Å². The van der Waals surface area contributed by atoms with Crippen LogP contribution in [0.2, 0.25) is 0 Å². The Morgan fingerprint density at radius 1 is 1.15 bits per heavy atom. The van der Waals surface area contributed by atoms with Crippen LogP contribution in [0.1, 0.15) is 68.8 Å². The largest absolute Gasteiger partial charge is 0.507 e. The number of aromatic hydroxyl groups is 2. The quantitative estimate of drug-likeness (QED) is 0.227. The van der Waals surface area contributed by atoms with Crippen LogP contribution in [0.3, 0.4) is 0 Å². The standard InChI is InChI=1S/C28H31NO11/c1-11-23(32)14(29-2)7-18(39-11)40-16-9-28(37,17(31)10-30)8-13-20(16)27(36)22-21(25(13)34)24(33)12-5-4-6-15(38-3)19(12)26(22)35/h4-6,11,14,16,18,23,29-30,32,34,36-37H,7-10H2,1-3H3/t11-,14-,16-,18?,23-,28-/m0/s1. The first-order chi connectivity index (χ1) is 19.0. The van der Waals surface area contributed by atoms with Gasteiger partial charge in [-0.15, -0.1) is 0 Å². The molecule has 1 heterocycles. The lowest BCUT2D eigenvalue weighted by Gasteiger charge is -2.42. The van der Waals surface area contributed by atoms with E-state index in [1.807, 2.05) is 0 Å². The van der Waals surface area contributed by atoms with E-state index in [1.165, 1.54) is 25.3 Å². The predicted molar refractivity (Wildman–Crippen MR) is 137 cm³/mol. The van der Waals surface area contributed by atoms with E-state index < -0.39 is 95.7 Å². The monoisotopic (exact) mass is 557 g/mol.